The van der Waals surface area contributed by atoms with Crippen molar-refractivity contribution in [1.82, 2.24) is 0 Å². The van der Waals surface area contributed by atoms with Crippen LogP contribution < -0.4 is 0 Å². The van der Waals surface area contributed by atoms with Crippen molar-refractivity contribution in [1.29, 1.82) is 0 Å². The van der Waals surface area contributed by atoms with E-state index in [2.05, 4.69) is 6.92 Å². The summed E-state index contributed by atoms with van der Waals surface area (Å²) in [6, 6.07) is 0. The summed E-state index contributed by atoms with van der Waals surface area (Å²) in [7, 11) is 0. The predicted octanol–water partition coefficient (Wildman–Crippen LogP) is 3.03. The van der Waals surface area contributed by atoms with Crippen LogP contribution in [0.15, 0.2) is 0 Å². The molecule has 1 heteroatoms. The van der Waals surface area contributed by atoms with Crippen LogP contribution >= 0.6 is 0 Å². The van der Waals surface area contributed by atoms with Crippen molar-refractivity contribution in [3.63, 3.8) is 0 Å². The van der Waals surface area contributed by atoms with Crippen LogP contribution in [0.4, 0.5) is 4.39 Å². The summed E-state index contributed by atoms with van der Waals surface area (Å²) in [5, 5.41) is 0. The molecule has 0 aromatic heterocycles. The molecule has 0 aliphatic heterocycles. The van der Waals surface area contributed by atoms with Crippen LogP contribution in [0.2, 0.25) is 0 Å². The molecule has 0 spiro atoms. The van der Waals surface area contributed by atoms with E-state index < -0.39 is 6.17 Å². The molecule has 4 atom stereocenters. The van der Waals surface area contributed by atoms with E-state index in [0.29, 0.717) is 17.8 Å². The topological polar surface area (TPSA) is 0 Å². The summed E-state index contributed by atoms with van der Waals surface area (Å²) in [4.78, 5) is 0. The lowest BCUT2D eigenvalue weighted by atomic mass is 9.95. The van der Waals surface area contributed by atoms with Crippen LogP contribution in [0.1, 0.15) is 33.6 Å². The van der Waals surface area contributed by atoms with Crippen molar-refractivity contribution in [2.24, 2.45) is 17.8 Å². The SMILES string of the molecule is CCC1CC(C)C(F)C1C. The summed E-state index contributed by atoms with van der Waals surface area (Å²) in [6.45, 7) is 6.23. The third kappa shape index (κ3) is 1.18. The molecule has 4 unspecified atom stereocenters. The molecule has 0 aromatic rings. The maximum Gasteiger partial charge on any atom is 0.105 e. The van der Waals surface area contributed by atoms with Gasteiger partial charge in [0.15, 0.2) is 0 Å². The Labute approximate surface area is 62.8 Å². The maximum absolute atomic E-state index is 13.1. The second-order valence-corrected chi connectivity index (χ2v) is 3.68. The molecule has 0 N–H and O–H groups in total. The fourth-order valence-electron chi connectivity index (χ4n) is 2.14. The minimum Gasteiger partial charge on any atom is -0.247 e. The molecule has 0 nitrogen and oxygen atoms in total. The molecule has 1 rings (SSSR count). The molecular formula is C9H17F. The van der Waals surface area contributed by atoms with E-state index >= 15 is 0 Å². The first-order chi connectivity index (χ1) is 4.66. The van der Waals surface area contributed by atoms with Crippen LogP contribution in [0, 0.1) is 17.8 Å². The number of hydrogen-bond donors (Lipinski definition) is 0. The first-order valence-electron chi connectivity index (χ1n) is 4.30. The van der Waals surface area contributed by atoms with Gasteiger partial charge in [0.1, 0.15) is 6.17 Å². The largest absolute Gasteiger partial charge is 0.247 e. The second-order valence-electron chi connectivity index (χ2n) is 3.68. The second kappa shape index (κ2) is 2.89. The fourth-order valence-corrected chi connectivity index (χ4v) is 2.14. The lowest BCUT2D eigenvalue weighted by molar-refractivity contribution is 0.212. The minimum absolute atomic E-state index is 0.306. The Morgan fingerprint density at radius 1 is 1.40 bits per heavy atom. The van der Waals surface area contributed by atoms with Gasteiger partial charge in [-0.3, -0.25) is 0 Å². The highest BCUT2D eigenvalue weighted by molar-refractivity contribution is 4.85. The van der Waals surface area contributed by atoms with Gasteiger partial charge < -0.3 is 0 Å². The Balaban J connectivity index is 2.53. The van der Waals surface area contributed by atoms with Crippen molar-refractivity contribution in [2.45, 2.75) is 39.8 Å². The van der Waals surface area contributed by atoms with Crippen molar-refractivity contribution < 1.29 is 4.39 Å². The van der Waals surface area contributed by atoms with Gasteiger partial charge in [-0.1, -0.05) is 27.2 Å². The smallest absolute Gasteiger partial charge is 0.105 e. The van der Waals surface area contributed by atoms with E-state index in [0.717, 1.165) is 12.8 Å². The zero-order valence-electron chi connectivity index (χ0n) is 7.10. The highest BCUT2D eigenvalue weighted by Crippen LogP contribution is 2.39. The average Bonchev–Trinajstić information content (AvgIpc) is 2.17. The first-order valence-corrected chi connectivity index (χ1v) is 4.30. The number of alkyl halides is 1. The average molecular weight is 144 g/mol. The Hall–Kier alpha value is -0.0700. The number of hydrogen-bond acceptors (Lipinski definition) is 0. The van der Waals surface area contributed by atoms with Gasteiger partial charge in [-0.05, 0) is 24.2 Å². The van der Waals surface area contributed by atoms with Crippen LogP contribution in [0.3, 0.4) is 0 Å². The zero-order chi connectivity index (χ0) is 7.72. The van der Waals surface area contributed by atoms with Gasteiger partial charge in [0.2, 0.25) is 0 Å². The standard InChI is InChI=1S/C9H17F/c1-4-8-5-6(2)9(10)7(8)3/h6-9H,4-5H2,1-3H3. The van der Waals surface area contributed by atoms with Gasteiger partial charge >= 0.3 is 0 Å². The number of halogens is 1. The number of rotatable bonds is 1. The van der Waals surface area contributed by atoms with Gasteiger partial charge in [0.25, 0.3) is 0 Å². The van der Waals surface area contributed by atoms with E-state index in [1.54, 1.807) is 0 Å². The van der Waals surface area contributed by atoms with Gasteiger partial charge in [-0.25, -0.2) is 4.39 Å². The minimum atomic E-state index is -0.537. The summed E-state index contributed by atoms with van der Waals surface area (Å²) in [5.41, 5.74) is 0. The van der Waals surface area contributed by atoms with E-state index in [4.69, 9.17) is 0 Å². The zero-order valence-corrected chi connectivity index (χ0v) is 7.10. The highest BCUT2D eigenvalue weighted by Gasteiger charge is 2.36. The lowest BCUT2D eigenvalue weighted by Gasteiger charge is -2.13. The Morgan fingerprint density at radius 3 is 2.20 bits per heavy atom. The van der Waals surface area contributed by atoms with Gasteiger partial charge in [-0.2, -0.15) is 0 Å². The molecule has 0 radical (unpaired) electrons. The molecule has 60 valence electrons. The lowest BCUT2D eigenvalue weighted by Crippen LogP contribution is -2.13. The summed E-state index contributed by atoms with van der Waals surface area (Å²) < 4.78 is 13.1. The molecule has 0 bridgehead atoms. The first kappa shape index (κ1) is 8.03. The van der Waals surface area contributed by atoms with Crippen molar-refractivity contribution >= 4 is 0 Å². The fraction of sp³-hybridized carbons (Fsp3) is 1.00. The Bertz CT molecular complexity index is 111. The van der Waals surface area contributed by atoms with E-state index in [-0.39, 0.29) is 0 Å². The van der Waals surface area contributed by atoms with Crippen molar-refractivity contribution in [3.8, 4) is 0 Å². The van der Waals surface area contributed by atoms with Crippen LogP contribution in [-0.4, -0.2) is 6.17 Å². The van der Waals surface area contributed by atoms with Gasteiger partial charge in [-0.15, -0.1) is 0 Å². The third-order valence-electron chi connectivity index (χ3n) is 2.99. The normalized spacial score (nSPS) is 48.0. The van der Waals surface area contributed by atoms with Gasteiger partial charge in [0.05, 0.1) is 0 Å². The maximum atomic E-state index is 13.1. The Kier molecular flexibility index (Phi) is 2.32. The quantitative estimate of drug-likeness (QED) is 0.530. The van der Waals surface area contributed by atoms with Crippen LogP contribution in [0.5, 0.6) is 0 Å². The molecule has 10 heavy (non-hydrogen) atoms. The van der Waals surface area contributed by atoms with Crippen molar-refractivity contribution in [3.05, 3.63) is 0 Å². The molecular weight excluding hydrogens is 127 g/mol. The molecule has 1 aliphatic carbocycles. The van der Waals surface area contributed by atoms with E-state index in [9.17, 15) is 4.39 Å². The molecule has 1 fully saturated rings. The molecule has 0 saturated heterocycles. The van der Waals surface area contributed by atoms with Gasteiger partial charge in [0, 0.05) is 0 Å². The molecule has 0 heterocycles. The highest BCUT2D eigenvalue weighted by atomic mass is 19.1. The third-order valence-corrected chi connectivity index (χ3v) is 2.99. The van der Waals surface area contributed by atoms with Crippen molar-refractivity contribution in [2.75, 3.05) is 0 Å². The molecule has 0 amide bonds. The molecule has 1 aliphatic rings. The molecule has 1 saturated carbocycles. The van der Waals surface area contributed by atoms with E-state index in [1.807, 2.05) is 13.8 Å². The Morgan fingerprint density at radius 2 is 2.00 bits per heavy atom. The summed E-state index contributed by atoms with van der Waals surface area (Å²) in [5.74, 6) is 1.25. The van der Waals surface area contributed by atoms with Crippen LogP contribution in [0.25, 0.3) is 0 Å². The molecule has 0 aromatic carbocycles. The van der Waals surface area contributed by atoms with Crippen LogP contribution in [-0.2, 0) is 0 Å². The predicted molar refractivity (Wildman–Crippen MR) is 41.6 cm³/mol. The monoisotopic (exact) mass is 144 g/mol. The van der Waals surface area contributed by atoms with E-state index in [1.165, 1.54) is 0 Å². The summed E-state index contributed by atoms with van der Waals surface area (Å²) in [6.07, 6.45) is 1.70. The summed E-state index contributed by atoms with van der Waals surface area (Å²) >= 11 is 0.